The second kappa shape index (κ2) is 10.7. The van der Waals surface area contributed by atoms with Crippen LogP contribution in [0, 0.1) is 6.92 Å². The minimum Gasteiger partial charge on any atom is -0.491 e. The summed E-state index contributed by atoms with van der Waals surface area (Å²) in [6.45, 7) is 9.00. The summed E-state index contributed by atoms with van der Waals surface area (Å²) >= 11 is 0. The van der Waals surface area contributed by atoms with Crippen LogP contribution in [0.3, 0.4) is 0 Å². The van der Waals surface area contributed by atoms with Crippen LogP contribution in [0.25, 0.3) is 0 Å². The molecule has 1 aliphatic heterocycles. The zero-order chi connectivity index (χ0) is 20.6. The van der Waals surface area contributed by atoms with Crippen molar-refractivity contribution in [3.8, 4) is 5.75 Å². The summed E-state index contributed by atoms with van der Waals surface area (Å²) in [5.74, 6) is 0.804. The lowest BCUT2D eigenvalue weighted by molar-refractivity contribution is 0.0505. The van der Waals surface area contributed by atoms with Gasteiger partial charge in [0.05, 0.1) is 0 Å². The zero-order valence-corrected chi connectivity index (χ0v) is 17.9. The minimum atomic E-state index is -0.465. The first-order valence-corrected chi connectivity index (χ1v) is 10.4. The standard InChI is InChI=1S/C23H34N4O2/c1-19-14-24-9-8-21(19)16-26(3)15-20-4-6-23(7-5-20)29-18-22(28)17-27-12-10-25(2)11-13-27/h4-9,14,22,28H,10-13,15-18H2,1-3H3/t22-/m0/s1. The predicted molar refractivity (Wildman–Crippen MR) is 116 cm³/mol. The lowest BCUT2D eigenvalue weighted by atomic mass is 10.1. The Morgan fingerprint density at radius 1 is 1.10 bits per heavy atom. The molecule has 0 saturated carbocycles. The third kappa shape index (κ3) is 7.08. The monoisotopic (exact) mass is 398 g/mol. The van der Waals surface area contributed by atoms with E-state index in [0.717, 1.165) is 45.0 Å². The first-order valence-electron chi connectivity index (χ1n) is 10.4. The SMILES string of the molecule is Cc1cnccc1CN(C)Cc1ccc(OC[C@@H](O)CN2CCN(C)CC2)cc1. The molecule has 0 bridgehead atoms. The fourth-order valence-electron chi connectivity index (χ4n) is 3.60. The van der Waals surface area contributed by atoms with Crippen molar-refractivity contribution in [2.24, 2.45) is 0 Å². The number of aromatic nitrogens is 1. The minimum absolute atomic E-state index is 0.326. The summed E-state index contributed by atoms with van der Waals surface area (Å²) in [6.07, 6.45) is 3.29. The molecule has 1 aromatic carbocycles. The van der Waals surface area contributed by atoms with Gasteiger partial charge >= 0.3 is 0 Å². The molecule has 2 heterocycles. The van der Waals surface area contributed by atoms with Crippen molar-refractivity contribution in [1.82, 2.24) is 19.7 Å². The van der Waals surface area contributed by atoms with Crippen LogP contribution >= 0.6 is 0 Å². The van der Waals surface area contributed by atoms with Gasteiger partial charge in [0, 0.05) is 58.2 Å². The van der Waals surface area contributed by atoms with Gasteiger partial charge in [-0.15, -0.1) is 0 Å². The number of piperazine rings is 1. The molecule has 1 aliphatic rings. The molecule has 0 radical (unpaired) electrons. The van der Waals surface area contributed by atoms with Crippen LogP contribution in [0.15, 0.2) is 42.7 Å². The van der Waals surface area contributed by atoms with E-state index in [1.165, 1.54) is 16.7 Å². The van der Waals surface area contributed by atoms with Crippen molar-refractivity contribution < 1.29 is 9.84 Å². The molecule has 0 spiro atoms. The first-order chi connectivity index (χ1) is 14.0. The Kier molecular flexibility index (Phi) is 8.00. The molecule has 1 aromatic heterocycles. The molecule has 1 N–H and O–H groups in total. The van der Waals surface area contributed by atoms with Gasteiger partial charge in [0.1, 0.15) is 18.5 Å². The van der Waals surface area contributed by atoms with Crippen LogP contribution in [0.2, 0.25) is 0 Å². The molecule has 6 heteroatoms. The Balaban J connectivity index is 1.41. The van der Waals surface area contributed by atoms with Crippen LogP contribution in [0.1, 0.15) is 16.7 Å². The first kappa shape index (κ1) is 21.7. The molecular weight excluding hydrogens is 364 g/mol. The molecule has 0 aliphatic carbocycles. The van der Waals surface area contributed by atoms with E-state index in [9.17, 15) is 5.11 Å². The number of nitrogens with zero attached hydrogens (tertiary/aromatic N) is 4. The Morgan fingerprint density at radius 3 is 2.52 bits per heavy atom. The largest absolute Gasteiger partial charge is 0.491 e. The summed E-state index contributed by atoms with van der Waals surface area (Å²) in [4.78, 5) is 11.1. The normalized spacial score (nSPS) is 16.9. The van der Waals surface area contributed by atoms with Gasteiger partial charge in [-0.2, -0.15) is 0 Å². The number of ether oxygens (including phenoxy) is 1. The second-order valence-corrected chi connectivity index (χ2v) is 8.19. The molecule has 0 unspecified atom stereocenters. The van der Waals surface area contributed by atoms with Gasteiger partial charge in [-0.1, -0.05) is 12.1 Å². The molecule has 158 valence electrons. The topological polar surface area (TPSA) is 52.1 Å². The predicted octanol–water partition coefficient (Wildman–Crippen LogP) is 2.01. The average Bonchev–Trinajstić information content (AvgIpc) is 2.71. The lowest BCUT2D eigenvalue weighted by Gasteiger charge is -2.33. The van der Waals surface area contributed by atoms with Crippen molar-refractivity contribution in [2.45, 2.75) is 26.1 Å². The summed E-state index contributed by atoms with van der Waals surface area (Å²) in [6, 6.07) is 10.2. The van der Waals surface area contributed by atoms with Crippen molar-refractivity contribution in [3.63, 3.8) is 0 Å². The maximum absolute atomic E-state index is 10.3. The highest BCUT2D eigenvalue weighted by molar-refractivity contribution is 5.27. The number of pyridine rings is 1. The van der Waals surface area contributed by atoms with E-state index in [2.05, 4.69) is 58.9 Å². The summed E-state index contributed by atoms with van der Waals surface area (Å²) in [5.41, 5.74) is 3.76. The summed E-state index contributed by atoms with van der Waals surface area (Å²) < 4.78 is 5.79. The zero-order valence-electron chi connectivity index (χ0n) is 17.9. The van der Waals surface area contributed by atoms with E-state index in [1.54, 1.807) is 0 Å². The summed E-state index contributed by atoms with van der Waals surface area (Å²) in [5, 5.41) is 10.3. The molecule has 1 fully saturated rings. The van der Waals surface area contributed by atoms with Crippen LogP contribution in [-0.4, -0.2) is 84.3 Å². The molecule has 1 atom stereocenters. The molecule has 0 amide bonds. The smallest absolute Gasteiger partial charge is 0.119 e. The van der Waals surface area contributed by atoms with E-state index in [0.29, 0.717) is 13.2 Å². The molecule has 29 heavy (non-hydrogen) atoms. The highest BCUT2D eigenvalue weighted by atomic mass is 16.5. The van der Waals surface area contributed by atoms with E-state index in [-0.39, 0.29) is 0 Å². The van der Waals surface area contributed by atoms with E-state index in [1.807, 2.05) is 24.5 Å². The number of aliphatic hydroxyl groups is 1. The van der Waals surface area contributed by atoms with Gasteiger partial charge in [0.2, 0.25) is 0 Å². The molecule has 2 aromatic rings. The Bertz CT molecular complexity index is 745. The molecule has 3 rings (SSSR count). The average molecular weight is 399 g/mol. The molecule has 1 saturated heterocycles. The number of hydrogen-bond donors (Lipinski definition) is 1. The summed E-state index contributed by atoms with van der Waals surface area (Å²) in [7, 11) is 4.26. The third-order valence-corrected chi connectivity index (χ3v) is 5.46. The van der Waals surface area contributed by atoms with Crippen LogP contribution in [0.5, 0.6) is 5.75 Å². The number of hydrogen-bond acceptors (Lipinski definition) is 6. The van der Waals surface area contributed by atoms with E-state index < -0.39 is 6.10 Å². The van der Waals surface area contributed by atoms with Crippen molar-refractivity contribution in [2.75, 3.05) is 53.4 Å². The van der Waals surface area contributed by atoms with Crippen molar-refractivity contribution >= 4 is 0 Å². The maximum atomic E-state index is 10.3. The van der Waals surface area contributed by atoms with E-state index in [4.69, 9.17) is 4.74 Å². The van der Waals surface area contributed by atoms with Gasteiger partial charge in [0.15, 0.2) is 0 Å². The van der Waals surface area contributed by atoms with Crippen LogP contribution < -0.4 is 4.74 Å². The van der Waals surface area contributed by atoms with Gasteiger partial charge in [-0.3, -0.25) is 14.8 Å². The van der Waals surface area contributed by atoms with Crippen molar-refractivity contribution in [3.05, 3.63) is 59.4 Å². The number of aliphatic hydroxyl groups excluding tert-OH is 1. The Morgan fingerprint density at radius 2 is 1.83 bits per heavy atom. The fourth-order valence-corrected chi connectivity index (χ4v) is 3.60. The second-order valence-electron chi connectivity index (χ2n) is 8.19. The number of aryl methyl sites for hydroxylation is 1. The number of rotatable bonds is 9. The third-order valence-electron chi connectivity index (χ3n) is 5.46. The van der Waals surface area contributed by atoms with Gasteiger partial charge in [0.25, 0.3) is 0 Å². The van der Waals surface area contributed by atoms with Crippen LogP contribution in [-0.2, 0) is 13.1 Å². The van der Waals surface area contributed by atoms with Gasteiger partial charge in [-0.05, 0) is 55.9 Å². The van der Waals surface area contributed by atoms with Crippen LogP contribution in [0.4, 0.5) is 0 Å². The Hall–Kier alpha value is -1.99. The fraction of sp³-hybridized carbons (Fsp3) is 0.522. The highest BCUT2D eigenvalue weighted by Gasteiger charge is 2.17. The van der Waals surface area contributed by atoms with Gasteiger partial charge < -0.3 is 14.7 Å². The highest BCUT2D eigenvalue weighted by Crippen LogP contribution is 2.15. The van der Waals surface area contributed by atoms with Gasteiger partial charge in [-0.25, -0.2) is 0 Å². The molecular formula is C23H34N4O2. The molecule has 6 nitrogen and oxygen atoms in total. The number of benzene rings is 1. The number of β-amino-alcohol motifs (C(OH)–C–C–N with tert-alkyl or cyclic N) is 1. The Labute approximate surface area is 174 Å². The quantitative estimate of drug-likeness (QED) is 0.697. The maximum Gasteiger partial charge on any atom is 0.119 e. The van der Waals surface area contributed by atoms with E-state index >= 15 is 0 Å². The lowest BCUT2D eigenvalue weighted by Crippen LogP contribution is -2.47. The number of likely N-dealkylation sites (N-methyl/N-ethyl adjacent to an activating group) is 1. The van der Waals surface area contributed by atoms with Crippen molar-refractivity contribution in [1.29, 1.82) is 0 Å².